The van der Waals surface area contributed by atoms with Gasteiger partial charge in [0, 0.05) is 0 Å². The van der Waals surface area contributed by atoms with Gasteiger partial charge in [0.1, 0.15) is 5.75 Å². The van der Waals surface area contributed by atoms with Crippen molar-refractivity contribution in [1.29, 1.82) is 0 Å². The highest BCUT2D eigenvalue weighted by Crippen LogP contribution is 2.29. The normalized spacial score (nSPS) is 10.4. The van der Waals surface area contributed by atoms with Gasteiger partial charge in [-0.1, -0.05) is 6.07 Å². The standard InChI is InChI=1S/C10H8O4/c1-13-8-4-2-3-6-7(11)5-9(12)14-10(6)8/h2-5,11H,1H3. The second kappa shape index (κ2) is 3.06. The molecule has 2 aromatic rings. The van der Waals surface area contributed by atoms with Crippen molar-refractivity contribution in [2.24, 2.45) is 0 Å². The minimum Gasteiger partial charge on any atom is -0.507 e. The van der Waals surface area contributed by atoms with Crippen LogP contribution < -0.4 is 10.4 Å². The van der Waals surface area contributed by atoms with Crippen molar-refractivity contribution in [2.45, 2.75) is 0 Å². The Bertz CT molecular complexity index is 527. The molecule has 4 nitrogen and oxygen atoms in total. The topological polar surface area (TPSA) is 59.7 Å². The molecule has 0 fully saturated rings. The van der Waals surface area contributed by atoms with Crippen LogP contribution in [0.25, 0.3) is 11.0 Å². The molecule has 1 aromatic heterocycles. The van der Waals surface area contributed by atoms with Crippen LogP contribution in [0.3, 0.4) is 0 Å². The number of methoxy groups -OCH3 is 1. The van der Waals surface area contributed by atoms with Crippen LogP contribution in [0.2, 0.25) is 0 Å². The summed E-state index contributed by atoms with van der Waals surface area (Å²) in [5.41, 5.74) is -0.334. The summed E-state index contributed by atoms with van der Waals surface area (Å²) in [6, 6.07) is 6.05. The average molecular weight is 192 g/mol. The summed E-state index contributed by atoms with van der Waals surface area (Å²) >= 11 is 0. The Morgan fingerprint density at radius 1 is 1.43 bits per heavy atom. The quantitative estimate of drug-likeness (QED) is 0.695. The van der Waals surface area contributed by atoms with Crippen LogP contribution >= 0.6 is 0 Å². The summed E-state index contributed by atoms with van der Waals surface area (Å²) < 4.78 is 9.92. The van der Waals surface area contributed by atoms with Crippen LogP contribution in [-0.2, 0) is 0 Å². The van der Waals surface area contributed by atoms with Gasteiger partial charge in [0.15, 0.2) is 11.3 Å². The SMILES string of the molecule is COc1cccc2c(O)cc(=O)oc12. The maximum Gasteiger partial charge on any atom is 0.340 e. The molecule has 0 aliphatic rings. The number of benzene rings is 1. The molecule has 0 aliphatic heterocycles. The van der Waals surface area contributed by atoms with E-state index in [0.717, 1.165) is 6.07 Å². The van der Waals surface area contributed by atoms with Crippen LogP contribution in [0.15, 0.2) is 33.5 Å². The smallest absolute Gasteiger partial charge is 0.340 e. The Hall–Kier alpha value is -1.97. The van der Waals surface area contributed by atoms with Crippen LogP contribution in [-0.4, -0.2) is 12.2 Å². The fourth-order valence-corrected chi connectivity index (χ4v) is 1.30. The maximum absolute atomic E-state index is 11.0. The van der Waals surface area contributed by atoms with E-state index in [0.29, 0.717) is 11.1 Å². The molecule has 0 spiro atoms. The van der Waals surface area contributed by atoms with Crippen molar-refractivity contribution in [3.63, 3.8) is 0 Å². The second-order valence-corrected chi connectivity index (χ2v) is 2.79. The van der Waals surface area contributed by atoms with Crippen molar-refractivity contribution < 1.29 is 14.3 Å². The molecule has 72 valence electrons. The van der Waals surface area contributed by atoms with E-state index < -0.39 is 5.63 Å². The van der Waals surface area contributed by atoms with Gasteiger partial charge >= 0.3 is 5.63 Å². The van der Waals surface area contributed by atoms with E-state index in [1.54, 1.807) is 18.2 Å². The minimum atomic E-state index is -0.598. The van der Waals surface area contributed by atoms with Crippen molar-refractivity contribution in [1.82, 2.24) is 0 Å². The molecule has 0 amide bonds. The highest BCUT2D eigenvalue weighted by Gasteiger charge is 2.08. The zero-order valence-corrected chi connectivity index (χ0v) is 7.48. The highest BCUT2D eigenvalue weighted by molar-refractivity contribution is 5.87. The molecule has 0 radical (unpaired) electrons. The largest absolute Gasteiger partial charge is 0.507 e. The Labute approximate surface area is 79.4 Å². The third-order valence-corrected chi connectivity index (χ3v) is 1.93. The molecule has 1 heterocycles. The number of hydrogen-bond acceptors (Lipinski definition) is 4. The predicted molar refractivity (Wildman–Crippen MR) is 50.7 cm³/mol. The molecule has 0 saturated carbocycles. The van der Waals surface area contributed by atoms with E-state index in [1.807, 2.05) is 0 Å². The molecular formula is C10H8O4. The maximum atomic E-state index is 11.0. The molecule has 0 atom stereocenters. The molecular weight excluding hydrogens is 184 g/mol. The lowest BCUT2D eigenvalue weighted by Gasteiger charge is -2.03. The number of rotatable bonds is 1. The monoisotopic (exact) mass is 192 g/mol. The van der Waals surface area contributed by atoms with Gasteiger partial charge in [0.2, 0.25) is 0 Å². The van der Waals surface area contributed by atoms with Gasteiger partial charge in [-0.25, -0.2) is 4.79 Å². The van der Waals surface area contributed by atoms with Gasteiger partial charge in [0.05, 0.1) is 18.6 Å². The van der Waals surface area contributed by atoms with E-state index in [2.05, 4.69) is 0 Å². The Morgan fingerprint density at radius 3 is 2.93 bits per heavy atom. The van der Waals surface area contributed by atoms with E-state index >= 15 is 0 Å². The molecule has 1 aromatic carbocycles. The van der Waals surface area contributed by atoms with Gasteiger partial charge in [-0.2, -0.15) is 0 Å². The van der Waals surface area contributed by atoms with Gasteiger partial charge in [-0.3, -0.25) is 0 Å². The molecule has 0 unspecified atom stereocenters. The van der Waals surface area contributed by atoms with E-state index in [9.17, 15) is 9.90 Å². The average Bonchev–Trinajstić information content (AvgIpc) is 2.17. The lowest BCUT2D eigenvalue weighted by Crippen LogP contribution is -1.96. The fraction of sp³-hybridized carbons (Fsp3) is 0.100. The molecule has 0 saturated heterocycles. The molecule has 4 heteroatoms. The summed E-state index contributed by atoms with van der Waals surface area (Å²) in [6.45, 7) is 0. The third kappa shape index (κ3) is 1.21. The van der Waals surface area contributed by atoms with Crippen LogP contribution in [0, 0.1) is 0 Å². The summed E-state index contributed by atoms with van der Waals surface area (Å²) in [7, 11) is 1.47. The predicted octanol–water partition coefficient (Wildman–Crippen LogP) is 1.51. The molecule has 0 aliphatic carbocycles. The van der Waals surface area contributed by atoms with Crippen molar-refractivity contribution in [2.75, 3.05) is 7.11 Å². The third-order valence-electron chi connectivity index (χ3n) is 1.93. The molecule has 14 heavy (non-hydrogen) atoms. The number of fused-ring (bicyclic) bond motifs is 1. The van der Waals surface area contributed by atoms with Gasteiger partial charge < -0.3 is 14.3 Å². The van der Waals surface area contributed by atoms with E-state index in [1.165, 1.54) is 7.11 Å². The number of para-hydroxylation sites is 1. The molecule has 1 N–H and O–H groups in total. The molecule has 0 bridgehead atoms. The van der Waals surface area contributed by atoms with Gasteiger partial charge in [-0.15, -0.1) is 0 Å². The Balaban J connectivity index is 2.93. The minimum absolute atomic E-state index is 0.102. The summed E-state index contributed by atoms with van der Waals surface area (Å²) in [4.78, 5) is 11.0. The van der Waals surface area contributed by atoms with Crippen LogP contribution in [0.1, 0.15) is 0 Å². The number of ether oxygens (including phenoxy) is 1. The van der Waals surface area contributed by atoms with E-state index in [-0.39, 0.29) is 11.3 Å². The first-order valence-electron chi connectivity index (χ1n) is 4.02. The first-order chi connectivity index (χ1) is 6.72. The van der Waals surface area contributed by atoms with Crippen molar-refractivity contribution in [3.8, 4) is 11.5 Å². The Kier molecular flexibility index (Phi) is 1.89. The van der Waals surface area contributed by atoms with E-state index in [4.69, 9.17) is 9.15 Å². The van der Waals surface area contributed by atoms with Crippen molar-refractivity contribution in [3.05, 3.63) is 34.7 Å². The fourth-order valence-electron chi connectivity index (χ4n) is 1.30. The molecule has 2 rings (SSSR count). The number of hydrogen-bond donors (Lipinski definition) is 1. The lowest BCUT2D eigenvalue weighted by molar-refractivity contribution is 0.404. The first kappa shape index (κ1) is 8.62. The zero-order valence-electron chi connectivity index (χ0n) is 7.48. The van der Waals surface area contributed by atoms with Crippen LogP contribution in [0.5, 0.6) is 11.5 Å². The summed E-state index contributed by atoms with van der Waals surface area (Å²) in [5.74, 6) is 0.325. The number of aromatic hydroxyl groups is 1. The lowest BCUT2D eigenvalue weighted by atomic mass is 10.2. The Morgan fingerprint density at radius 2 is 2.21 bits per heavy atom. The highest BCUT2D eigenvalue weighted by atomic mass is 16.5. The van der Waals surface area contributed by atoms with Gasteiger partial charge in [0.25, 0.3) is 0 Å². The first-order valence-corrected chi connectivity index (χ1v) is 4.02. The second-order valence-electron chi connectivity index (χ2n) is 2.79. The van der Waals surface area contributed by atoms with Gasteiger partial charge in [-0.05, 0) is 12.1 Å². The summed E-state index contributed by atoms with van der Waals surface area (Å²) in [5, 5.41) is 9.92. The van der Waals surface area contributed by atoms with Crippen molar-refractivity contribution >= 4 is 11.0 Å². The summed E-state index contributed by atoms with van der Waals surface area (Å²) in [6.07, 6.45) is 0. The van der Waals surface area contributed by atoms with Crippen LogP contribution in [0.4, 0.5) is 0 Å². The zero-order chi connectivity index (χ0) is 10.1.